The van der Waals surface area contributed by atoms with Crippen molar-refractivity contribution in [2.45, 2.75) is 0 Å². The van der Waals surface area contributed by atoms with Crippen molar-refractivity contribution in [3.63, 3.8) is 0 Å². The number of hydrogen-bond donors (Lipinski definition) is 1. The van der Waals surface area contributed by atoms with Crippen LogP contribution in [0.5, 0.6) is 0 Å². The van der Waals surface area contributed by atoms with Crippen LogP contribution in [0, 0.1) is 5.82 Å². The van der Waals surface area contributed by atoms with Crippen molar-refractivity contribution in [2.75, 3.05) is 5.73 Å². The van der Waals surface area contributed by atoms with Gasteiger partial charge >= 0.3 is 0 Å². The molecule has 1 aromatic heterocycles. The molecule has 0 bridgehead atoms. The third-order valence-corrected chi connectivity index (χ3v) is 3.50. The Morgan fingerprint density at radius 3 is 2.65 bits per heavy atom. The van der Waals surface area contributed by atoms with Gasteiger partial charge in [-0.15, -0.1) is 0 Å². The highest BCUT2D eigenvalue weighted by molar-refractivity contribution is 6.33. The minimum absolute atomic E-state index is 0.0340. The van der Waals surface area contributed by atoms with Crippen LogP contribution in [-0.4, -0.2) is 9.97 Å². The second-order valence-corrected chi connectivity index (χ2v) is 5.01. The predicted molar refractivity (Wildman–Crippen MR) is 79.4 cm³/mol. The van der Waals surface area contributed by atoms with Crippen molar-refractivity contribution in [1.29, 1.82) is 0 Å². The number of hydrogen-bond acceptors (Lipinski definition) is 3. The maximum Gasteiger partial charge on any atom is 0.163 e. The van der Waals surface area contributed by atoms with Crippen LogP contribution in [0.1, 0.15) is 0 Å². The third-order valence-electron chi connectivity index (χ3n) is 2.88. The molecule has 3 aromatic rings. The topological polar surface area (TPSA) is 51.8 Å². The normalized spacial score (nSPS) is 10.9. The van der Waals surface area contributed by atoms with E-state index in [1.807, 2.05) is 0 Å². The van der Waals surface area contributed by atoms with E-state index in [0.717, 1.165) is 0 Å². The molecule has 3 rings (SSSR count). The second kappa shape index (κ2) is 4.89. The van der Waals surface area contributed by atoms with Gasteiger partial charge in [0.15, 0.2) is 5.82 Å². The monoisotopic (exact) mass is 307 g/mol. The number of nitrogens with two attached hydrogens (primary N) is 1. The summed E-state index contributed by atoms with van der Waals surface area (Å²) in [4.78, 5) is 8.52. The lowest BCUT2D eigenvalue weighted by Crippen LogP contribution is -1.98. The second-order valence-electron chi connectivity index (χ2n) is 4.20. The summed E-state index contributed by atoms with van der Waals surface area (Å²) in [6.45, 7) is 0. The molecule has 0 aliphatic heterocycles. The highest BCUT2D eigenvalue weighted by Crippen LogP contribution is 2.30. The van der Waals surface area contributed by atoms with E-state index >= 15 is 0 Å². The van der Waals surface area contributed by atoms with Crippen LogP contribution in [0.4, 0.5) is 10.2 Å². The molecule has 100 valence electrons. The van der Waals surface area contributed by atoms with E-state index in [0.29, 0.717) is 27.3 Å². The van der Waals surface area contributed by atoms with Crippen molar-refractivity contribution >= 4 is 39.9 Å². The summed E-state index contributed by atoms with van der Waals surface area (Å²) < 4.78 is 13.5. The van der Waals surface area contributed by atoms with E-state index in [1.165, 1.54) is 12.1 Å². The predicted octanol–water partition coefficient (Wildman–Crippen LogP) is 4.32. The van der Waals surface area contributed by atoms with Crippen LogP contribution in [0.25, 0.3) is 22.3 Å². The summed E-state index contributed by atoms with van der Waals surface area (Å²) in [5.41, 5.74) is 6.87. The number of rotatable bonds is 1. The number of nitrogen functional groups attached to an aromatic ring is 1. The van der Waals surface area contributed by atoms with E-state index < -0.39 is 5.82 Å². The van der Waals surface area contributed by atoms with Crippen molar-refractivity contribution < 1.29 is 4.39 Å². The van der Waals surface area contributed by atoms with E-state index in [1.54, 1.807) is 24.3 Å². The lowest BCUT2D eigenvalue weighted by molar-refractivity contribution is 0.628. The number of nitrogens with zero attached hydrogens (tertiary/aromatic N) is 2. The fraction of sp³-hybridized carbons (Fsp3) is 0. The summed E-state index contributed by atoms with van der Waals surface area (Å²) >= 11 is 11.9. The summed E-state index contributed by atoms with van der Waals surface area (Å²) in [5.74, 6) is 0.0290. The third kappa shape index (κ3) is 2.17. The van der Waals surface area contributed by atoms with Gasteiger partial charge in [-0.2, -0.15) is 0 Å². The Kier molecular flexibility index (Phi) is 3.20. The first-order valence-corrected chi connectivity index (χ1v) is 6.49. The Labute approximate surface area is 124 Å². The molecular weight excluding hydrogens is 300 g/mol. The average molecular weight is 308 g/mol. The number of benzene rings is 2. The first-order chi connectivity index (χ1) is 9.56. The first kappa shape index (κ1) is 13.1. The van der Waals surface area contributed by atoms with Crippen LogP contribution in [-0.2, 0) is 0 Å². The van der Waals surface area contributed by atoms with Crippen LogP contribution in [0.3, 0.4) is 0 Å². The van der Waals surface area contributed by atoms with Crippen LogP contribution >= 0.6 is 23.2 Å². The van der Waals surface area contributed by atoms with Gasteiger partial charge in [-0.25, -0.2) is 14.4 Å². The first-order valence-electron chi connectivity index (χ1n) is 5.73. The molecule has 0 unspecified atom stereocenters. The van der Waals surface area contributed by atoms with Crippen LogP contribution < -0.4 is 5.73 Å². The molecular formula is C14H8Cl2FN3. The quantitative estimate of drug-likeness (QED) is 0.728. The summed E-state index contributed by atoms with van der Waals surface area (Å²) in [6, 6.07) is 9.57. The zero-order valence-corrected chi connectivity index (χ0v) is 11.6. The molecule has 3 nitrogen and oxygen atoms in total. The van der Waals surface area contributed by atoms with Crippen molar-refractivity contribution in [3.05, 3.63) is 52.3 Å². The molecule has 0 aliphatic rings. The standard InChI is InChI=1S/C14H8Cl2FN3/c15-7-4-5-8-11(6-7)19-14(20-13(8)18)9-2-1-3-10(17)12(9)16/h1-6H,(H2,18,19,20). The van der Waals surface area contributed by atoms with Gasteiger partial charge in [0.25, 0.3) is 0 Å². The number of fused-ring (bicyclic) bond motifs is 1. The number of halogens is 3. The van der Waals surface area contributed by atoms with Crippen molar-refractivity contribution in [1.82, 2.24) is 9.97 Å². The van der Waals surface area contributed by atoms with Crippen LogP contribution in [0.15, 0.2) is 36.4 Å². The van der Waals surface area contributed by atoms with Gasteiger partial charge < -0.3 is 5.73 Å². The Hall–Kier alpha value is -1.91. The zero-order valence-electron chi connectivity index (χ0n) is 10.1. The van der Waals surface area contributed by atoms with Crippen molar-refractivity contribution in [2.24, 2.45) is 0 Å². The molecule has 2 aromatic carbocycles. The highest BCUT2D eigenvalue weighted by atomic mass is 35.5. The Balaban J connectivity index is 2.29. The van der Waals surface area contributed by atoms with Gasteiger partial charge in [-0.1, -0.05) is 29.3 Å². The number of anilines is 1. The molecule has 20 heavy (non-hydrogen) atoms. The molecule has 0 saturated carbocycles. The highest BCUT2D eigenvalue weighted by Gasteiger charge is 2.13. The van der Waals surface area contributed by atoms with Crippen molar-refractivity contribution in [3.8, 4) is 11.4 Å². The minimum atomic E-state index is -0.530. The Bertz CT molecular complexity index is 821. The SMILES string of the molecule is Nc1nc(-c2cccc(F)c2Cl)nc2cc(Cl)ccc12. The van der Waals surface area contributed by atoms with Gasteiger partial charge in [0.05, 0.1) is 10.5 Å². The molecule has 0 saturated heterocycles. The average Bonchev–Trinajstić information content (AvgIpc) is 2.41. The van der Waals surface area contributed by atoms with E-state index in [-0.39, 0.29) is 10.8 Å². The molecule has 0 atom stereocenters. The lowest BCUT2D eigenvalue weighted by atomic mass is 10.1. The largest absolute Gasteiger partial charge is 0.383 e. The maximum atomic E-state index is 13.5. The summed E-state index contributed by atoms with van der Waals surface area (Å²) in [6.07, 6.45) is 0. The zero-order chi connectivity index (χ0) is 14.3. The minimum Gasteiger partial charge on any atom is -0.383 e. The molecule has 0 spiro atoms. The molecule has 6 heteroatoms. The summed E-state index contributed by atoms with van der Waals surface area (Å²) in [7, 11) is 0. The van der Waals surface area contributed by atoms with E-state index in [4.69, 9.17) is 28.9 Å². The fourth-order valence-electron chi connectivity index (χ4n) is 1.92. The summed E-state index contributed by atoms with van der Waals surface area (Å²) in [5, 5.41) is 1.19. The maximum absolute atomic E-state index is 13.5. The van der Waals surface area contributed by atoms with Gasteiger partial charge in [0.1, 0.15) is 11.6 Å². The van der Waals surface area contributed by atoms with Gasteiger partial charge in [0.2, 0.25) is 0 Å². The molecule has 0 amide bonds. The molecule has 1 heterocycles. The van der Waals surface area contributed by atoms with Gasteiger partial charge in [-0.3, -0.25) is 0 Å². The van der Waals surface area contributed by atoms with Gasteiger partial charge in [-0.05, 0) is 30.3 Å². The van der Waals surface area contributed by atoms with Gasteiger partial charge in [0, 0.05) is 16.0 Å². The van der Waals surface area contributed by atoms with E-state index in [9.17, 15) is 4.39 Å². The Morgan fingerprint density at radius 2 is 1.85 bits per heavy atom. The number of aromatic nitrogens is 2. The molecule has 0 fully saturated rings. The molecule has 2 N–H and O–H groups in total. The molecule has 0 aliphatic carbocycles. The Morgan fingerprint density at radius 1 is 1.05 bits per heavy atom. The molecule has 0 radical (unpaired) electrons. The fourth-order valence-corrected chi connectivity index (χ4v) is 2.30. The smallest absolute Gasteiger partial charge is 0.163 e. The van der Waals surface area contributed by atoms with Crippen LogP contribution in [0.2, 0.25) is 10.0 Å². The van der Waals surface area contributed by atoms with E-state index in [2.05, 4.69) is 9.97 Å². The lowest BCUT2D eigenvalue weighted by Gasteiger charge is -2.07.